The molecule has 1 aliphatic heterocycles. The highest BCUT2D eigenvalue weighted by atomic mass is 16.4. The van der Waals surface area contributed by atoms with Crippen molar-refractivity contribution in [3.05, 3.63) is 23.9 Å². The zero-order chi connectivity index (χ0) is 14.0. The summed E-state index contributed by atoms with van der Waals surface area (Å²) in [5.41, 5.74) is 6.11. The van der Waals surface area contributed by atoms with E-state index in [-0.39, 0.29) is 5.84 Å². The topological polar surface area (TPSA) is 74.7 Å². The van der Waals surface area contributed by atoms with Crippen molar-refractivity contribution < 1.29 is 5.21 Å². The van der Waals surface area contributed by atoms with E-state index in [0.29, 0.717) is 23.6 Å². The van der Waals surface area contributed by atoms with Gasteiger partial charge in [-0.15, -0.1) is 0 Å². The second-order valence-corrected chi connectivity index (χ2v) is 5.58. The highest BCUT2D eigenvalue weighted by Gasteiger charge is 2.29. The first-order valence-corrected chi connectivity index (χ1v) is 6.74. The average Bonchev–Trinajstić information content (AvgIpc) is 2.42. The van der Waals surface area contributed by atoms with Gasteiger partial charge in [-0.2, -0.15) is 0 Å². The minimum atomic E-state index is 0.0487. The first kappa shape index (κ1) is 13.6. The van der Waals surface area contributed by atoms with Crippen LogP contribution >= 0.6 is 0 Å². The fourth-order valence-corrected chi connectivity index (χ4v) is 2.79. The Bertz CT molecular complexity index is 474. The Balaban J connectivity index is 2.30. The lowest BCUT2D eigenvalue weighted by Crippen LogP contribution is -2.46. The average molecular weight is 262 g/mol. The van der Waals surface area contributed by atoms with Crippen LogP contribution in [0.1, 0.15) is 32.9 Å². The van der Waals surface area contributed by atoms with Crippen molar-refractivity contribution in [3.63, 3.8) is 0 Å². The molecule has 0 spiro atoms. The van der Waals surface area contributed by atoms with Crippen LogP contribution in [0.2, 0.25) is 0 Å². The Morgan fingerprint density at radius 3 is 2.84 bits per heavy atom. The van der Waals surface area contributed by atoms with Gasteiger partial charge in [-0.1, -0.05) is 25.1 Å². The van der Waals surface area contributed by atoms with Gasteiger partial charge in [0, 0.05) is 12.6 Å². The molecule has 5 nitrogen and oxygen atoms in total. The van der Waals surface area contributed by atoms with E-state index < -0.39 is 0 Å². The molecular formula is C14H22N4O. The van der Waals surface area contributed by atoms with E-state index in [9.17, 15) is 0 Å². The smallest absolute Gasteiger partial charge is 0.188 e. The van der Waals surface area contributed by atoms with Crippen molar-refractivity contribution in [2.75, 3.05) is 11.4 Å². The summed E-state index contributed by atoms with van der Waals surface area (Å²) in [5.74, 6) is 2.24. The molecule has 3 N–H and O–H groups in total. The number of anilines is 1. The van der Waals surface area contributed by atoms with E-state index in [2.05, 4.69) is 35.8 Å². The molecule has 1 fully saturated rings. The van der Waals surface area contributed by atoms with Gasteiger partial charge in [-0.25, -0.2) is 4.98 Å². The van der Waals surface area contributed by atoms with E-state index in [1.54, 1.807) is 6.07 Å². The minimum absolute atomic E-state index is 0.0487. The van der Waals surface area contributed by atoms with E-state index >= 15 is 0 Å². The lowest BCUT2D eigenvalue weighted by Gasteiger charge is -2.42. The Kier molecular flexibility index (Phi) is 3.93. The van der Waals surface area contributed by atoms with Crippen molar-refractivity contribution in [2.24, 2.45) is 22.7 Å². The van der Waals surface area contributed by atoms with Gasteiger partial charge in [0.05, 0.1) is 0 Å². The maximum atomic E-state index is 8.73. The van der Waals surface area contributed by atoms with Gasteiger partial charge in [0.25, 0.3) is 0 Å². The Morgan fingerprint density at radius 2 is 2.16 bits per heavy atom. The van der Waals surface area contributed by atoms with Crippen molar-refractivity contribution in [3.8, 4) is 0 Å². The lowest BCUT2D eigenvalue weighted by atomic mass is 9.86. The highest BCUT2D eigenvalue weighted by molar-refractivity contribution is 5.95. The number of piperidine rings is 1. The van der Waals surface area contributed by atoms with Crippen LogP contribution in [-0.2, 0) is 0 Å². The molecular weight excluding hydrogens is 240 g/mol. The molecule has 1 aliphatic rings. The zero-order valence-corrected chi connectivity index (χ0v) is 11.7. The third-order valence-electron chi connectivity index (χ3n) is 4.00. The van der Waals surface area contributed by atoms with Gasteiger partial charge in [0.15, 0.2) is 5.84 Å². The monoisotopic (exact) mass is 262 g/mol. The maximum Gasteiger partial charge on any atom is 0.188 e. The van der Waals surface area contributed by atoms with Crippen LogP contribution < -0.4 is 10.6 Å². The summed E-state index contributed by atoms with van der Waals surface area (Å²) in [4.78, 5) is 6.81. The molecule has 1 saturated heterocycles. The molecule has 104 valence electrons. The number of rotatable bonds is 2. The molecule has 0 saturated carbocycles. The van der Waals surface area contributed by atoms with Crippen molar-refractivity contribution in [1.82, 2.24) is 4.98 Å². The Labute approximate surface area is 114 Å². The SMILES string of the molecule is CC1CC(C)C(C)N(c2cccc(/C(N)=N/O)n2)C1. The van der Waals surface area contributed by atoms with Crippen LogP contribution in [0.5, 0.6) is 0 Å². The van der Waals surface area contributed by atoms with Crippen LogP contribution in [0.15, 0.2) is 23.4 Å². The molecule has 3 atom stereocenters. The van der Waals surface area contributed by atoms with Gasteiger partial charge < -0.3 is 15.8 Å². The Morgan fingerprint density at radius 1 is 1.42 bits per heavy atom. The number of oxime groups is 1. The molecule has 2 heterocycles. The zero-order valence-electron chi connectivity index (χ0n) is 11.7. The third kappa shape index (κ3) is 2.80. The standard InChI is InChI=1S/C14H22N4O/c1-9-7-10(2)11(3)18(8-9)13-6-4-5-12(16-13)14(15)17-19/h4-6,9-11,19H,7-8H2,1-3H3,(H2,15,17). The van der Waals surface area contributed by atoms with Crippen LogP contribution in [0, 0.1) is 11.8 Å². The van der Waals surface area contributed by atoms with Gasteiger partial charge in [-0.05, 0) is 37.3 Å². The van der Waals surface area contributed by atoms with Gasteiger partial charge in [0.2, 0.25) is 0 Å². The fraction of sp³-hybridized carbons (Fsp3) is 0.571. The second-order valence-electron chi connectivity index (χ2n) is 5.58. The van der Waals surface area contributed by atoms with Crippen molar-refractivity contribution >= 4 is 11.7 Å². The predicted molar refractivity (Wildman–Crippen MR) is 76.5 cm³/mol. The van der Waals surface area contributed by atoms with Crippen LogP contribution in [0.25, 0.3) is 0 Å². The summed E-state index contributed by atoms with van der Waals surface area (Å²) < 4.78 is 0. The summed E-state index contributed by atoms with van der Waals surface area (Å²) in [6.45, 7) is 7.77. The molecule has 0 aliphatic carbocycles. The highest BCUT2D eigenvalue weighted by Crippen LogP contribution is 2.30. The molecule has 2 rings (SSSR count). The summed E-state index contributed by atoms with van der Waals surface area (Å²) in [5, 5.41) is 11.7. The maximum absolute atomic E-state index is 8.73. The lowest BCUT2D eigenvalue weighted by molar-refractivity contribution is 0.295. The normalized spacial score (nSPS) is 28.5. The van der Waals surface area contributed by atoms with Gasteiger partial charge in [-0.3, -0.25) is 0 Å². The summed E-state index contributed by atoms with van der Waals surface area (Å²) in [7, 11) is 0. The van der Waals surface area contributed by atoms with Gasteiger partial charge >= 0.3 is 0 Å². The number of hydrogen-bond acceptors (Lipinski definition) is 4. The summed E-state index contributed by atoms with van der Waals surface area (Å²) in [6, 6.07) is 6.08. The number of aromatic nitrogens is 1. The molecule has 1 aromatic heterocycles. The van der Waals surface area contributed by atoms with E-state index in [1.165, 1.54) is 6.42 Å². The molecule has 0 bridgehead atoms. The molecule has 19 heavy (non-hydrogen) atoms. The number of nitrogens with zero attached hydrogens (tertiary/aromatic N) is 3. The molecule has 0 aromatic carbocycles. The molecule has 0 radical (unpaired) electrons. The molecule has 1 aromatic rings. The molecule has 0 amide bonds. The quantitative estimate of drug-likeness (QED) is 0.370. The third-order valence-corrected chi connectivity index (χ3v) is 4.00. The van der Waals surface area contributed by atoms with E-state index in [4.69, 9.17) is 10.9 Å². The van der Waals surface area contributed by atoms with Crippen molar-refractivity contribution in [2.45, 2.75) is 33.2 Å². The predicted octanol–water partition coefficient (Wildman–Crippen LogP) is 2.05. The second kappa shape index (κ2) is 5.47. The van der Waals surface area contributed by atoms with Crippen LogP contribution in [-0.4, -0.2) is 28.6 Å². The van der Waals surface area contributed by atoms with Gasteiger partial charge in [0.1, 0.15) is 11.5 Å². The number of nitrogens with two attached hydrogens (primary N) is 1. The van der Waals surface area contributed by atoms with Crippen molar-refractivity contribution in [1.29, 1.82) is 0 Å². The Hall–Kier alpha value is -1.78. The fourth-order valence-electron chi connectivity index (χ4n) is 2.79. The largest absolute Gasteiger partial charge is 0.409 e. The first-order valence-electron chi connectivity index (χ1n) is 6.74. The number of hydrogen-bond donors (Lipinski definition) is 2. The molecule has 5 heteroatoms. The van der Waals surface area contributed by atoms with E-state index in [0.717, 1.165) is 12.4 Å². The molecule has 3 unspecified atom stereocenters. The first-order chi connectivity index (χ1) is 9.02. The van der Waals surface area contributed by atoms with Crippen LogP contribution in [0.4, 0.5) is 5.82 Å². The number of amidine groups is 1. The summed E-state index contributed by atoms with van der Waals surface area (Å²) >= 11 is 0. The number of pyridine rings is 1. The van der Waals surface area contributed by atoms with Crippen LogP contribution in [0.3, 0.4) is 0 Å². The van der Waals surface area contributed by atoms with E-state index in [1.807, 2.05) is 12.1 Å². The summed E-state index contributed by atoms with van der Waals surface area (Å²) in [6.07, 6.45) is 1.25. The minimum Gasteiger partial charge on any atom is -0.409 e.